The van der Waals surface area contributed by atoms with Gasteiger partial charge in [-0.25, -0.2) is 50.2 Å². The summed E-state index contributed by atoms with van der Waals surface area (Å²) in [5.41, 5.74) is 22.3. The van der Waals surface area contributed by atoms with E-state index in [2.05, 4.69) is 146 Å². The number of hydrogen-bond acceptors (Lipinski definition) is 12. The van der Waals surface area contributed by atoms with E-state index in [1.807, 2.05) is 237 Å². The quantitative estimate of drug-likeness (QED) is 0.0632. The molecule has 16 heteroatoms. The molecule has 0 radical (unpaired) electrons. The van der Waals surface area contributed by atoms with Crippen molar-refractivity contribution in [3.8, 4) is 203 Å². The monoisotopic (exact) mass is 2270 g/mol. The van der Waals surface area contributed by atoms with Crippen molar-refractivity contribution in [1.29, 1.82) is 0 Å². The van der Waals surface area contributed by atoms with Crippen molar-refractivity contribution in [1.82, 2.24) is 44.9 Å². The van der Waals surface area contributed by atoms with Crippen LogP contribution in [0.4, 0.5) is 0 Å². The molecule has 19 rings (SSSR count). The standard InChI is InChI=1S/C105H60N9O3.Ir.3Pt/c1-4-28-70(29-5-1)76-61-97(94-43-19-25-55-109-94)112-103(67-76)115-100-64-73(91-40-16-22-52-106-91)46-49-88(100)85-37-13-10-34-82(85)79-58-80(83-35-11-14-38-86(83)89-50-47-74(92-41-17-23-53-107-92)65-101(89)116-104-68-77(71-30-6-2-7-31-71)62-98(113-104)95-44-20-26-56-110-95)60-81(59-79)84-36-12-15-39-87(84)90-51-48-75(93-42-18-24-54-108-93)66-102(90)117-105-69-78(72-32-8-3-9-33-72)63-99(114-105)96-45-21-27-57-111-96;;;;/h1-39,43-45,49-63,67-69H;;;;/q-9;+3;3*+2. The van der Waals surface area contributed by atoms with Gasteiger partial charge in [-0.1, -0.05) is 217 Å². The van der Waals surface area contributed by atoms with Gasteiger partial charge in [-0.15, -0.1) is 34.9 Å². The van der Waals surface area contributed by atoms with Gasteiger partial charge in [-0.2, -0.15) is 18.2 Å². The molecular weight excluding hydrogens is 2210 g/mol. The second-order valence-corrected chi connectivity index (χ2v) is 27.2. The Morgan fingerprint density at radius 2 is 0.471 bits per heavy atom. The molecule has 0 aliphatic rings. The van der Waals surface area contributed by atoms with Crippen LogP contribution in [0.15, 0.2) is 365 Å². The Hall–Kier alpha value is -13.3. The average Bonchev–Trinajstić information content (AvgIpc) is 0.758. The van der Waals surface area contributed by atoms with Gasteiger partial charge in [-0.05, 0) is 157 Å². The zero-order chi connectivity index (χ0) is 78.1. The summed E-state index contributed by atoms with van der Waals surface area (Å²) >= 11 is 0. The molecule has 0 saturated heterocycles. The predicted molar refractivity (Wildman–Crippen MR) is 457 cm³/mol. The van der Waals surface area contributed by atoms with Crippen LogP contribution in [0.1, 0.15) is 0 Å². The van der Waals surface area contributed by atoms with Crippen molar-refractivity contribution in [3.63, 3.8) is 0 Å². The summed E-state index contributed by atoms with van der Waals surface area (Å²) in [6.45, 7) is 0. The van der Waals surface area contributed by atoms with E-state index < -0.39 is 0 Å². The topological polar surface area (TPSA) is 144 Å². The van der Waals surface area contributed by atoms with Crippen LogP contribution in [0.2, 0.25) is 0 Å². The molecule has 0 fully saturated rings. The van der Waals surface area contributed by atoms with Crippen LogP contribution >= 0.6 is 0 Å². The summed E-state index contributed by atoms with van der Waals surface area (Å²) in [4.78, 5) is 43.9. The van der Waals surface area contributed by atoms with Gasteiger partial charge >= 0.3 is 83.3 Å². The van der Waals surface area contributed by atoms with E-state index in [4.69, 9.17) is 59.1 Å². The van der Waals surface area contributed by atoms with Gasteiger partial charge in [0.25, 0.3) is 0 Å². The number of aromatic nitrogens is 9. The molecule has 0 saturated carbocycles. The van der Waals surface area contributed by atoms with Gasteiger partial charge < -0.3 is 82.3 Å². The summed E-state index contributed by atoms with van der Waals surface area (Å²) in [6, 6.07) is 140. The number of ether oxygens (including phenoxy) is 3. The molecule has 10 aromatic carbocycles. The van der Waals surface area contributed by atoms with E-state index in [0.717, 1.165) is 83.5 Å². The van der Waals surface area contributed by atoms with Crippen LogP contribution in [-0.4, -0.2) is 44.9 Å². The third-order valence-corrected chi connectivity index (χ3v) is 19.7. The third kappa shape index (κ3) is 18.6. The Kier molecular flexibility index (Phi) is 26.4. The van der Waals surface area contributed by atoms with E-state index in [0.29, 0.717) is 120 Å². The molecular formula is C105H60IrN9O3Pt3. The van der Waals surface area contributed by atoms with Crippen molar-refractivity contribution in [2.45, 2.75) is 0 Å². The first kappa shape index (κ1) is 82.8. The van der Waals surface area contributed by atoms with Crippen LogP contribution in [0.25, 0.3) is 168 Å². The summed E-state index contributed by atoms with van der Waals surface area (Å²) in [6.07, 6.45) is 10.5. The second-order valence-electron chi connectivity index (χ2n) is 27.2. The summed E-state index contributed by atoms with van der Waals surface area (Å²) < 4.78 is 21.7. The molecule has 0 amide bonds. The summed E-state index contributed by atoms with van der Waals surface area (Å²) in [7, 11) is 0. The van der Waals surface area contributed by atoms with Crippen molar-refractivity contribution >= 4 is 0 Å². The van der Waals surface area contributed by atoms with E-state index in [1.54, 1.807) is 37.2 Å². The van der Waals surface area contributed by atoms with E-state index in [9.17, 15) is 0 Å². The Labute approximate surface area is 757 Å². The van der Waals surface area contributed by atoms with Gasteiger partial charge in [-0.3, -0.25) is 33.2 Å². The van der Waals surface area contributed by atoms with E-state index in [1.165, 1.54) is 0 Å². The zero-order valence-corrected chi connectivity index (χ0v) is 72.9. The average molecular weight is 2270 g/mol. The minimum atomic E-state index is 0. The molecule has 0 N–H and O–H groups in total. The molecule has 0 aliphatic carbocycles. The van der Waals surface area contributed by atoms with Crippen molar-refractivity contribution in [3.05, 3.63) is 419 Å². The molecule has 9 heterocycles. The Bertz CT molecular complexity index is 5950. The zero-order valence-electron chi connectivity index (χ0n) is 63.7. The maximum atomic E-state index is 7.23. The first-order chi connectivity index (χ1) is 57.9. The molecule has 121 heavy (non-hydrogen) atoms. The van der Waals surface area contributed by atoms with Gasteiger partial charge in [0.2, 0.25) is 17.6 Å². The minimum Gasteiger partial charge on any atom is -0.479 e. The van der Waals surface area contributed by atoms with Gasteiger partial charge in [0.15, 0.2) is 0 Å². The number of benzene rings is 10. The molecule has 0 bridgehead atoms. The fourth-order valence-corrected chi connectivity index (χ4v) is 14.2. The SMILES string of the molecule is [Ir+3].[Pt+2].[Pt+2].[Pt+2].[c-]1cc(-c2ccccc2-c2cc(-c3ccccc3-c3c[c-]c(-c4[c-]cccn4)[c-]c3Oc3cc(-c4ccccc4)cc(-c4ccccn4)n3)cc(-c3ccccc3-c3c[c-]c(-c4[c-]cccn4)[c-]c3Oc3cc(-c4ccccc4)cc(-c4ccccn4)n3)c2)c(Oc2cc(-c3ccccc3)cc(-c3ccccn3)n2)[c-]c1-c1[c-]cccn1. The Balaban J connectivity index is 0.00000285. The fourth-order valence-electron chi connectivity index (χ4n) is 14.2. The number of rotatable bonds is 21. The van der Waals surface area contributed by atoms with E-state index >= 15 is 0 Å². The third-order valence-electron chi connectivity index (χ3n) is 19.7. The molecule has 12 nitrogen and oxygen atoms in total. The Morgan fingerprint density at radius 1 is 0.207 bits per heavy atom. The Morgan fingerprint density at radius 3 is 0.736 bits per heavy atom. The van der Waals surface area contributed by atoms with Gasteiger partial charge in [0.1, 0.15) is 0 Å². The number of pyridine rings is 9. The normalized spacial score (nSPS) is 10.7. The van der Waals surface area contributed by atoms with Gasteiger partial charge in [0.05, 0.1) is 34.2 Å². The van der Waals surface area contributed by atoms with Crippen molar-refractivity contribution < 1.29 is 97.5 Å². The molecule has 0 spiro atoms. The number of nitrogens with zero attached hydrogens (tertiary/aromatic N) is 9. The van der Waals surface area contributed by atoms with Crippen molar-refractivity contribution in [2.24, 2.45) is 0 Å². The van der Waals surface area contributed by atoms with Crippen LogP contribution < -0.4 is 14.2 Å². The second kappa shape index (κ2) is 38.6. The van der Waals surface area contributed by atoms with Crippen molar-refractivity contribution in [2.75, 3.05) is 0 Å². The molecule has 9 aromatic heterocycles. The summed E-state index contributed by atoms with van der Waals surface area (Å²) in [5.74, 6) is 2.08. The summed E-state index contributed by atoms with van der Waals surface area (Å²) in [5, 5.41) is 0. The maximum absolute atomic E-state index is 7.23. The largest absolute Gasteiger partial charge is 3.00 e. The molecule has 0 unspecified atom stereocenters. The first-order valence-corrected chi connectivity index (χ1v) is 37.8. The predicted octanol–water partition coefficient (Wildman–Crippen LogP) is 24.8. The van der Waals surface area contributed by atoms with Crippen LogP contribution in [0, 0.1) is 54.6 Å². The molecule has 19 aromatic rings. The molecule has 0 atom stereocenters. The maximum Gasteiger partial charge on any atom is 3.00 e. The fraction of sp³-hybridized carbons (Fsp3) is 0. The number of hydrogen-bond donors (Lipinski definition) is 0. The minimum absolute atomic E-state index is 0. The van der Waals surface area contributed by atoms with Gasteiger partial charge in [0, 0.05) is 36.8 Å². The van der Waals surface area contributed by atoms with Crippen LogP contribution in [0.3, 0.4) is 0 Å². The molecule has 582 valence electrons. The molecule has 0 aliphatic heterocycles. The first-order valence-electron chi connectivity index (χ1n) is 37.8. The van der Waals surface area contributed by atoms with Crippen LogP contribution in [-0.2, 0) is 83.3 Å². The smallest absolute Gasteiger partial charge is 0.479 e. The van der Waals surface area contributed by atoms with Crippen LogP contribution in [0.5, 0.6) is 34.9 Å². The van der Waals surface area contributed by atoms with E-state index in [-0.39, 0.29) is 83.3 Å².